The van der Waals surface area contributed by atoms with E-state index in [1.54, 1.807) is 18.2 Å². The third-order valence-electron chi connectivity index (χ3n) is 5.54. The Morgan fingerprint density at radius 2 is 1.68 bits per heavy atom. The van der Waals surface area contributed by atoms with E-state index in [0.29, 0.717) is 30.3 Å². The molecule has 1 aliphatic heterocycles. The van der Waals surface area contributed by atoms with E-state index in [2.05, 4.69) is 35.7 Å². The smallest absolute Gasteiger partial charge is 0.311 e. The van der Waals surface area contributed by atoms with Crippen molar-refractivity contribution in [2.75, 3.05) is 56.0 Å². The van der Waals surface area contributed by atoms with Gasteiger partial charge in [0.1, 0.15) is 0 Å². The molecule has 15 nitrogen and oxygen atoms in total. The average Bonchev–Trinajstić information content (AvgIpc) is 2.89. The first-order chi connectivity index (χ1) is 17.8. The number of non-ortho nitro benzene ring substituents is 1. The van der Waals surface area contributed by atoms with Crippen molar-refractivity contribution in [1.82, 2.24) is 19.9 Å². The number of aromatic nitrogens is 3. The quantitative estimate of drug-likeness (QED) is 0.246. The Morgan fingerprint density at radius 3 is 2.32 bits per heavy atom. The Bertz CT molecular complexity index is 1310. The van der Waals surface area contributed by atoms with Crippen LogP contribution in [-0.4, -0.2) is 76.2 Å². The van der Waals surface area contributed by atoms with Crippen LogP contribution in [0.25, 0.3) is 0 Å². The van der Waals surface area contributed by atoms with Crippen LogP contribution >= 0.6 is 0 Å². The first kappa shape index (κ1) is 25.2. The van der Waals surface area contributed by atoms with Gasteiger partial charge in [-0.25, -0.2) is 5.43 Å². The van der Waals surface area contributed by atoms with E-state index < -0.39 is 9.85 Å². The number of methoxy groups -OCH3 is 1. The Balaban J connectivity index is 1.59. The number of benzene rings is 2. The molecule has 192 valence electrons. The molecule has 4 rings (SSSR count). The number of hydrogen-bond acceptors (Lipinski definition) is 13. The van der Waals surface area contributed by atoms with Gasteiger partial charge >= 0.3 is 5.69 Å². The zero-order valence-electron chi connectivity index (χ0n) is 20.1. The van der Waals surface area contributed by atoms with E-state index in [-0.39, 0.29) is 29.0 Å². The number of rotatable bonds is 9. The molecule has 2 aromatic carbocycles. The maximum absolute atomic E-state index is 11.3. The van der Waals surface area contributed by atoms with Gasteiger partial charge in [-0.3, -0.25) is 20.2 Å². The zero-order valence-corrected chi connectivity index (χ0v) is 20.1. The monoisotopic (exact) mass is 508 g/mol. The molecule has 0 radical (unpaired) electrons. The van der Waals surface area contributed by atoms with Crippen molar-refractivity contribution in [3.05, 3.63) is 68.3 Å². The summed E-state index contributed by atoms with van der Waals surface area (Å²) in [6.45, 7) is 3.10. The SMILES string of the molecule is COc1c(C=NNc2nc(Nc3ccc([N+](=O)[O-])cc3)nc(N3CCN(C)CC3)n2)cccc1[N+](=O)[O-]. The maximum atomic E-state index is 11.3. The molecular weight excluding hydrogens is 484 g/mol. The van der Waals surface area contributed by atoms with Crippen molar-refractivity contribution < 1.29 is 14.6 Å². The maximum Gasteiger partial charge on any atom is 0.311 e. The minimum absolute atomic E-state index is 0.0346. The van der Waals surface area contributed by atoms with E-state index in [1.807, 2.05) is 11.9 Å². The molecule has 37 heavy (non-hydrogen) atoms. The van der Waals surface area contributed by atoms with Gasteiger partial charge in [0.05, 0.1) is 23.2 Å². The molecule has 2 heterocycles. The lowest BCUT2D eigenvalue weighted by atomic mass is 10.2. The Kier molecular flexibility index (Phi) is 7.63. The first-order valence-corrected chi connectivity index (χ1v) is 11.2. The van der Waals surface area contributed by atoms with Gasteiger partial charge in [-0.1, -0.05) is 6.07 Å². The summed E-state index contributed by atoms with van der Waals surface area (Å²) in [7, 11) is 3.38. The molecule has 1 saturated heterocycles. The predicted molar refractivity (Wildman–Crippen MR) is 137 cm³/mol. The summed E-state index contributed by atoms with van der Waals surface area (Å²) < 4.78 is 5.19. The van der Waals surface area contributed by atoms with Crippen molar-refractivity contribution in [3.8, 4) is 5.75 Å². The molecule has 0 atom stereocenters. The van der Waals surface area contributed by atoms with Gasteiger partial charge < -0.3 is 19.9 Å². The Labute approximate surface area is 211 Å². The van der Waals surface area contributed by atoms with Crippen molar-refractivity contribution in [1.29, 1.82) is 0 Å². The van der Waals surface area contributed by atoms with Gasteiger partial charge in [0.15, 0.2) is 0 Å². The third kappa shape index (κ3) is 6.21. The Morgan fingerprint density at radius 1 is 0.973 bits per heavy atom. The second-order valence-corrected chi connectivity index (χ2v) is 8.03. The number of nitrogens with one attached hydrogen (secondary N) is 2. The molecule has 0 amide bonds. The van der Waals surface area contributed by atoms with Crippen LogP contribution in [0, 0.1) is 20.2 Å². The Hall–Kier alpha value is -4.92. The number of para-hydroxylation sites is 1. The minimum Gasteiger partial charge on any atom is -0.490 e. The highest BCUT2D eigenvalue weighted by Crippen LogP contribution is 2.29. The molecule has 0 unspecified atom stereocenters. The predicted octanol–water partition coefficient (Wildman–Crippen LogP) is 2.64. The molecule has 1 fully saturated rings. The molecule has 1 aromatic heterocycles. The fourth-order valence-corrected chi connectivity index (χ4v) is 3.58. The lowest BCUT2D eigenvalue weighted by Gasteiger charge is -2.32. The van der Waals surface area contributed by atoms with Crippen LogP contribution in [0.4, 0.5) is 34.9 Å². The third-order valence-corrected chi connectivity index (χ3v) is 5.54. The summed E-state index contributed by atoms with van der Waals surface area (Å²) in [4.78, 5) is 38.7. The second-order valence-electron chi connectivity index (χ2n) is 8.03. The first-order valence-electron chi connectivity index (χ1n) is 11.2. The van der Waals surface area contributed by atoms with Gasteiger partial charge in [0.25, 0.3) is 5.69 Å². The molecule has 15 heteroatoms. The number of ether oxygens (including phenoxy) is 1. The number of hydrazone groups is 1. The highest BCUT2D eigenvalue weighted by molar-refractivity contribution is 5.86. The average molecular weight is 508 g/mol. The standard InChI is InChI=1S/C22H24N10O5/c1-29-10-12-30(13-11-29)22-26-20(24-16-6-8-17(9-7-16)31(33)34)25-21(27-22)28-23-14-15-4-3-5-18(32(35)36)19(15)37-2/h3-9,14H,10-13H2,1-2H3,(H2,24,25,26,27,28). The molecule has 0 saturated carbocycles. The second kappa shape index (κ2) is 11.2. The van der Waals surface area contributed by atoms with Crippen LogP contribution in [0.3, 0.4) is 0 Å². The van der Waals surface area contributed by atoms with Crippen LogP contribution < -0.4 is 20.4 Å². The highest BCUT2D eigenvalue weighted by Gasteiger charge is 2.19. The van der Waals surface area contributed by atoms with Crippen molar-refractivity contribution in [3.63, 3.8) is 0 Å². The minimum atomic E-state index is -0.534. The number of hydrogen-bond donors (Lipinski definition) is 2. The van der Waals surface area contributed by atoms with Gasteiger partial charge in [0, 0.05) is 55.6 Å². The van der Waals surface area contributed by atoms with E-state index in [0.717, 1.165) is 13.1 Å². The van der Waals surface area contributed by atoms with Crippen LogP contribution in [-0.2, 0) is 0 Å². The molecule has 0 aliphatic carbocycles. The summed E-state index contributed by atoms with van der Waals surface area (Å²) in [5.74, 6) is 0.850. The van der Waals surface area contributed by atoms with E-state index in [1.165, 1.54) is 37.6 Å². The summed E-state index contributed by atoms with van der Waals surface area (Å²) in [6, 6.07) is 10.4. The summed E-state index contributed by atoms with van der Waals surface area (Å²) >= 11 is 0. The summed E-state index contributed by atoms with van der Waals surface area (Å²) in [5, 5.41) is 29.4. The van der Waals surface area contributed by atoms with Crippen molar-refractivity contribution in [2.24, 2.45) is 5.10 Å². The van der Waals surface area contributed by atoms with Crippen LogP contribution in [0.5, 0.6) is 5.75 Å². The number of nitro groups is 2. The highest BCUT2D eigenvalue weighted by atomic mass is 16.6. The number of nitro benzene ring substituents is 2. The summed E-state index contributed by atoms with van der Waals surface area (Å²) in [5.41, 5.74) is 3.47. The molecule has 1 aliphatic rings. The van der Waals surface area contributed by atoms with Crippen molar-refractivity contribution >= 4 is 41.1 Å². The van der Waals surface area contributed by atoms with Gasteiger partial charge in [-0.15, -0.1) is 0 Å². The zero-order chi connectivity index (χ0) is 26.4. The number of anilines is 4. The number of nitrogens with zero attached hydrogens (tertiary/aromatic N) is 8. The van der Waals surface area contributed by atoms with Crippen LogP contribution in [0.1, 0.15) is 5.56 Å². The van der Waals surface area contributed by atoms with E-state index in [4.69, 9.17) is 4.74 Å². The lowest BCUT2D eigenvalue weighted by molar-refractivity contribution is -0.385. The summed E-state index contributed by atoms with van der Waals surface area (Å²) in [6.07, 6.45) is 1.37. The van der Waals surface area contributed by atoms with E-state index in [9.17, 15) is 20.2 Å². The topological polar surface area (TPSA) is 177 Å². The largest absolute Gasteiger partial charge is 0.490 e. The molecule has 0 spiro atoms. The molecule has 0 bridgehead atoms. The van der Waals surface area contributed by atoms with Gasteiger partial charge in [-0.05, 0) is 25.2 Å². The molecule has 2 N–H and O–H groups in total. The lowest BCUT2D eigenvalue weighted by Crippen LogP contribution is -2.45. The fraction of sp³-hybridized carbons (Fsp3) is 0.273. The van der Waals surface area contributed by atoms with Gasteiger partial charge in [0.2, 0.25) is 23.6 Å². The van der Waals surface area contributed by atoms with Crippen molar-refractivity contribution in [2.45, 2.75) is 0 Å². The van der Waals surface area contributed by atoms with Crippen LogP contribution in [0.15, 0.2) is 47.6 Å². The van der Waals surface area contributed by atoms with Gasteiger partial charge in [-0.2, -0.15) is 20.1 Å². The molecular formula is C22H24N10O5. The van der Waals surface area contributed by atoms with Crippen LogP contribution in [0.2, 0.25) is 0 Å². The fourth-order valence-electron chi connectivity index (χ4n) is 3.58. The number of likely N-dealkylation sites (N-methyl/N-ethyl adjacent to an activating group) is 1. The van der Waals surface area contributed by atoms with E-state index >= 15 is 0 Å². The molecule has 3 aromatic rings. The number of piperazine rings is 1. The normalized spacial score (nSPS) is 13.9.